The molecule has 4 amide bonds. The highest BCUT2D eigenvalue weighted by Crippen LogP contribution is 2.30. The number of likely N-dealkylation sites (N-methyl/N-ethyl adjacent to an activating group) is 2. The zero-order valence-corrected chi connectivity index (χ0v) is 15.1. The average Bonchev–Trinajstić information content (AvgIpc) is 3.05. The molecule has 4 rings (SSSR count). The van der Waals surface area contributed by atoms with Gasteiger partial charge in [0.2, 0.25) is 5.91 Å². The van der Waals surface area contributed by atoms with Crippen LogP contribution in [0.15, 0.2) is 35.4 Å². The Balaban J connectivity index is 1.73. The van der Waals surface area contributed by atoms with E-state index in [0.29, 0.717) is 6.54 Å². The van der Waals surface area contributed by atoms with Crippen LogP contribution in [0.3, 0.4) is 0 Å². The summed E-state index contributed by atoms with van der Waals surface area (Å²) in [5.41, 5.74) is 7.03. The highest BCUT2D eigenvalue weighted by atomic mass is 16.2. The molecule has 3 unspecified atom stereocenters. The summed E-state index contributed by atoms with van der Waals surface area (Å²) in [7, 11) is 3.12. The molecule has 0 bridgehead atoms. The van der Waals surface area contributed by atoms with Crippen molar-refractivity contribution in [3.63, 3.8) is 0 Å². The van der Waals surface area contributed by atoms with Crippen molar-refractivity contribution in [3.8, 4) is 0 Å². The van der Waals surface area contributed by atoms with Crippen LogP contribution >= 0.6 is 0 Å². The molecule has 0 radical (unpaired) electrons. The number of benzene rings is 1. The third kappa shape index (κ3) is 2.73. The van der Waals surface area contributed by atoms with Crippen molar-refractivity contribution in [2.75, 3.05) is 27.2 Å². The van der Waals surface area contributed by atoms with E-state index >= 15 is 0 Å². The van der Waals surface area contributed by atoms with Crippen molar-refractivity contribution in [2.24, 2.45) is 10.8 Å². The van der Waals surface area contributed by atoms with Crippen LogP contribution in [0.1, 0.15) is 5.56 Å². The van der Waals surface area contributed by atoms with Gasteiger partial charge in [-0.1, -0.05) is 30.3 Å². The number of primary amides is 1. The monoisotopic (exact) mass is 371 g/mol. The number of nitrogens with zero attached hydrogens (tertiary/aromatic N) is 5. The Morgan fingerprint density at radius 1 is 1.26 bits per heavy atom. The van der Waals surface area contributed by atoms with E-state index in [0.717, 1.165) is 16.2 Å². The fourth-order valence-electron chi connectivity index (χ4n) is 3.84. The summed E-state index contributed by atoms with van der Waals surface area (Å²) >= 11 is 0. The molecule has 1 aromatic rings. The van der Waals surface area contributed by atoms with E-state index in [-0.39, 0.29) is 18.5 Å². The maximum Gasteiger partial charge on any atom is 0.327 e. The largest absolute Gasteiger partial charge is 0.368 e. The lowest BCUT2D eigenvalue weighted by Crippen LogP contribution is -2.65. The molecular weight excluding hydrogens is 350 g/mol. The van der Waals surface area contributed by atoms with Gasteiger partial charge in [-0.05, 0) is 5.56 Å². The fourth-order valence-corrected chi connectivity index (χ4v) is 3.84. The Morgan fingerprint density at radius 3 is 2.63 bits per heavy atom. The number of imide groups is 1. The van der Waals surface area contributed by atoms with Gasteiger partial charge in [0.1, 0.15) is 18.8 Å². The predicted molar refractivity (Wildman–Crippen MR) is 96.0 cm³/mol. The second-order valence-corrected chi connectivity index (χ2v) is 6.87. The van der Waals surface area contributed by atoms with Crippen LogP contribution in [-0.4, -0.2) is 88.9 Å². The number of hydrogen-bond acceptors (Lipinski definition) is 7. The molecule has 10 heteroatoms. The molecule has 0 spiro atoms. The second kappa shape index (κ2) is 6.32. The summed E-state index contributed by atoms with van der Waals surface area (Å²) in [5.74, 6) is -0.816. The van der Waals surface area contributed by atoms with Gasteiger partial charge < -0.3 is 10.6 Å². The van der Waals surface area contributed by atoms with E-state index in [4.69, 9.17) is 5.73 Å². The lowest BCUT2D eigenvalue weighted by molar-refractivity contribution is -0.137. The quantitative estimate of drug-likeness (QED) is 0.675. The first-order valence-corrected chi connectivity index (χ1v) is 8.62. The molecule has 3 aliphatic rings. The first kappa shape index (κ1) is 17.4. The summed E-state index contributed by atoms with van der Waals surface area (Å²) in [6, 6.07) is 8.61. The fraction of sp³-hybridized carbons (Fsp3) is 0.412. The molecule has 2 fully saturated rings. The average molecular weight is 371 g/mol. The Bertz CT molecular complexity index is 827. The van der Waals surface area contributed by atoms with Crippen molar-refractivity contribution in [1.29, 1.82) is 0 Å². The number of fused-ring (bicyclic) bond motifs is 3. The summed E-state index contributed by atoms with van der Waals surface area (Å²) < 4.78 is 0. The van der Waals surface area contributed by atoms with Crippen LogP contribution in [-0.2, 0) is 9.59 Å². The zero-order chi connectivity index (χ0) is 19.3. The Labute approximate surface area is 156 Å². The lowest BCUT2D eigenvalue weighted by atomic mass is 10.1. The molecule has 3 aliphatic heterocycles. The van der Waals surface area contributed by atoms with Crippen LogP contribution in [0.4, 0.5) is 4.79 Å². The van der Waals surface area contributed by atoms with Gasteiger partial charge in [-0.15, -0.1) is 0 Å². The van der Waals surface area contributed by atoms with Gasteiger partial charge in [-0.2, -0.15) is 5.10 Å². The summed E-state index contributed by atoms with van der Waals surface area (Å²) in [6.45, 7) is 0.297. The van der Waals surface area contributed by atoms with Crippen LogP contribution in [0.2, 0.25) is 0 Å². The first-order chi connectivity index (χ1) is 12.9. The minimum absolute atomic E-state index is 0.106. The number of nitrogens with one attached hydrogen (secondary N) is 1. The highest BCUT2D eigenvalue weighted by molar-refractivity contribution is 6.04. The van der Waals surface area contributed by atoms with Gasteiger partial charge in [-0.3, -0.25) is 24.8 Å². The maximum atomic E-state index is 12.8. The molecule has 0 aromatic heterocycles. The van der Waals surface area contributed by atoms with Gasteiger partial charge in [-0.25, -0.2) is 9.69 Å². The molecule has 142 valence electrons. The van der Waals surface area contributed by atoms with Crippen LogP contribution < -0.4 is 11.1 Å². The number of amides is 4. The first-order valence-electron chi connectivity index (χ1n) is 8.62. The standard InChI is InChI=1S/C17H21N7O3/c1-21-14-13(15(26)22(2)17(21)27)23-8-11(10-6-4-3-5-7-10)20-24(9-12(18)25)16(23)19-14/h3-7,13-14,16,19H,8-9H2,1-2H3,(H2,18,25). The van der Waals surface area contributed by atoms with E-state index in [1.165, 1.54) is 17.0 Å². The highest BCUT2D eigenvalue weighted by Gasteiger charge is 2.55. The van der Waals surface area contributed by atoms with Crippen LogP contribution in [0.5, 0.6) is 0 Å². The number of hydrazone groups is 1. The van der Waals surface area contributed by atoms with Crippen molar-refractivity contribution < 1.29 is 14.4 Å². The van der Waals surface area contributed by atoms with Gasteiger partial charge in [0, 0.05) is 20.6 Å². The normalized spacial score (nSPS) is 28.1. The number of carbonyl (C=O) groups is 3. The molecule has 1 aromatic carbocycles. The van der Waals surface area contributed by atoms with Gasteiger partial charge in [0.25, 0.3) is 5.91 Å². The number of nitrogens with two attached hydrogens (primary N) is 1. The third-order valence-electron chi connectivity index (χ3n) is 5.17. The number of rotatable bonds is 3. The summed E-state index contributed by atoms with van der Waals surface area (Å²) in [5, 5.41) is 9.39. The lowest BCUT2D eigenvalue weighted by Gasteiger charge is -2.41. The molecule has 3 N–H and O–H groups in total. The van der Waals surface area contributed by atoms with Gasteiger partial charge in [0.05, 0.1) is 5.71 Å². The number of urea groups is 1. The summed E-state index contributed by atoms with van der Waals surface area (Å²) in [6.07, 6.45) is -1.02. The maximum absolute atomic E-state index is 12.8. The molecule has 0 saturated carbocycles. The Kier molecular flexibility index (Phi) is 4.08. The Hall–Kier alpha value is -2.98. The van der Waals surface area contributed by atoms with Crippen molar-refractivity contribution >= 4 is 23.6 Å². The van der Waals surface area contributed by atoms with E-state index in [1.54, 1.807) is 7.05 Å². The van der Waals surface area contributed by atoms with Crippen molar-refractivity contribution in [3.05, 3.63) is 35.9 Å². The SMILES string of the molecule is CN1C(=O)C2C(NC3N(CC(N)=O)N=C(c4ccccc4)CN23)N(C)C1=O. The van der Waals surface area contributed by atoms with Crippen LogP contribution in [0.25, 0.3) is 0 Å². The molecule has 3 heterocycles. The van der Waals surface area contributed by atoms with E-state index in [1.807, 2.05) is 35.2 Å². The minimum Gasteiger partial charge on any atom is -0.368 e. The summed E-state index contributed by atoms with van der Waals surface area (Å²) in [4.78, 5) is 41.2. The predicted octanol–water partition coefficient (Wildman–Crippen LogP) is -1.40. The third-order valence-corrected chi connectivity index (χ3v) is 5.17. The Morgan fingerprint density at radius 2 is 1.96 bits per heavy atom. The molecule has 2 saturated heterocycles. The second-order valence-electron chi connectivity index (χ2n) is 6.87. The topological polar surface area (TPSA) is 115 Å². The number of carbonyl (C=O) groups excluding carboxylic acids is 3. The smallest absolute Gasteiger partial charge is 0.327 e. The van der Waals surface area contributed by atoms with Gasteiger partial charge in [0.15, 0.2) is 6.29 Å². The van der Waals surface area contributed by atoms with E-state index in [9.17, 15) is 14.4 Å². The number of hydrogen-bond donors (Lipinski definition) is 2. The van der Waals surface area contributed by atoms with E-state index in [2.05, 4.69) is 10.4 Å². The molecule has 10 nitrogen and oxygen atoms in total. The van der Waals surface area contributed by atoms with Crippen LogP contribution in [0, 0.1) is 0 Å². The van der Waals surface area contributed by atoms with Crippen molar-refractivity contribution in [2.45, 2.75) is 18.5 Å². The molecular formula is C17H21N7O3. The van der Waals surface area contributed by atoms with Gasteiger partial charge >= 0.3 is 6.03 Å². The molecule has 0 aliphatic carbocycles. The molecule has 27 heavy (non-hydrogen) atoms. The van der Waals surface area contributed by atoms with E-state index < -0.39 is 24.4 Å². The minimum atomic E-state index is -0.577. The van der Waals surface area contributed by atoms with Crippen molar-refractivity contribution in [1.82, 2.24) is 25.0 Å². The molecule has 3 atom stereocenters. The zero-order valence-electron chi connectivity index (χ0n) is 15.1.